The van der Waals surface area contributed by atoms with Crippen molar-refractivity contribution >= 4 is 6.03 Å². The van der Waals surface area contributed by atoms with Gasteiger partial charge in [0, 0.05) is 38.3 Å². The van der Waals surface area contributed by atoms with Crippen LogP contribution < -0.4 is 5.32 Å². The Hall–Kier alpha value is -1.63. The van der Waals surface area contributed by atoms with Gasteiger partial charge in [-0.2, -0.15) is 4.98 Å². The second kappa shape index (κ2) is 6.24. The zero-order chi connectivity index (χ0) is 15.6. The Morgan fingerprint density at radius 2 is 2.23 bits per heavy atom. The molecule has 1 atom stereocenters. The minimum atomic E-state index is 0.000772. The number of ether oxygens (including phenoxy) is 1. The number of amides is 2. The highest BCUT2D eigenvalue weighted by molar-refractivity contribution is 5.74. The van der Waals surface area contributed by atoms with Gasteiger partial charge >= 0.3 is 6.03 Å². The molecule has 1 aromatic heterocycles. The van der Waals surface area contributed by atoms with Gasteiger partial charge in [-0.05, 0) is 26.2 Å². The van der Waals surface area contributed by atoms with Gasteiger partial charge in [0.1, 0.15) is 0 Å². The smallest absolute Gasteiger partial charge is 0.317 e. The van der Waals surface area contributed by atoms with Crippen molar-refractivity contribution < 1.29 is 14.1 Å². The summed E-state index contributed by atoms with van der Waals surface area (Å²) in [6.07, 6.45) is 2.79. The maximum atomic E-state index is 12.3. The molecule has 0 radical (unpaired) electrons. The molecule has 3 heterocycles. The van der Waals surface area contributed by atoms with Crippen molar-refractivity contribution in [3.8, 4) is 0 Å². The van der Waals surface area contributed by atoms with Crippen LogP contribution in [0, 0.1) is 12.3 Å². The van der Waals surface area contributed by atoms with Crippen LogP contribution in [0.15, 0.2) is 4.52 Å². The number of carbonyl (C=O) groups is 1. The van der Waals surface area contributed by atoms with Crippen molar-refractivity contribution in [1.29, 1.82) is 0 Å². The molecule has 1 aromatic rings. The minimum Gasteiger partial charge on any atom is -0.381 e. The first-order chi connectivity index (χ1) is 10.6. The quantitative estimate of drug-likeness (QED) is 0.919. The van der Waals surface area contributed by atoms with Crippen molar-refractivity contribution in [2.24, 2.45) is 5.41 Å². The predicted molar refractivity (Wildman–Crippen MR) is 79.5 cm³/mol. The summed E-state index contributed by atoms with van der Waals surface area (Å²) < 4.78 is 10.9. The highest BCUT2D eigenvalue weighted by Crippen LogP contribution is 2.48. The molecule has 0 bridgehead atoms. The lowest BCUT2D eigenvalue weighted by molar-refractivity contribution is 0.00943. The van der Waals surface area contributed by atoms with Crippen LogP contribution in [0.4, 0.5) is 4.79 Å². The summed E-state index contributed by atoms with van der Waals surface area (Å²) in [6.45, 7) is 7.41. The van der Waals surface area contributed by atoms with E-state index in [0.717, 1.165) is 39.0 Å². The van der Waals surface area contributed by atoms with E-state index in [1.807, 2.05) is 18.7 Å². The number of carbonyl (C=O) groups excluding carboxylic acids is 1. The number of nitrogens with one attached hydrogen (secondary N) is 1. The fourth-order valence-corrected chi connectivity index (χ4v) is 3.55. The summed E-state index contributed by atoms with van der Waals surface area (Å²) in [5.41, 5.74) is 0.000772. The summed E-state index contributed by atoms with van der Waals surface area (Å²) in [5, 5.41) is 6.88. The van der Waals surface area contributed by atoms with E-state index in [1.54, 1.807) is 0 Å². The third-order valence-electron chi connectivity index (χ3n) is 4.79. The molecule has 122 valence electrons. The molecule has 0 saturated carbocycles. The van der Waals surface area contributed by atoms with Gasteiger partial charge < -0.3 is 19.5 Å². The average Bonchev–Trinajstić information content (AvgIpc) is 3.10. The number of likely N-dealkylation sites (tertiary alicyclic amines) is 1. The molecule has 7 nitrogen and oxygen atoms in total. The van der Waals surface area contributed by atoms with E-state index in [1.165, 1.54) is 0 Å². The lowest BCUT2D eigenvalue weighted by Crippen LogP contribution is -2.41. The van der Waals surface area contributed by atoms with Crippen molar-refractivity contribution in [2.45, 2.75) is 39.0 Å². The number of hydrogen-bond donors (Lipinski definition) is 1. The largest absolute Gasteiger partial charge is 0.381 e. The van der Waals surface area contributed by atoms with E-state index in [2.05, 4.69) is 15.5 Å². The third kappa shape index (κ3) is 2.82. The molecular formula is C15H24N4O3. The van der Waals surface area contributed by atoms with Gasteiger partial charge in [0.15, 0.2) is 5.82 Å². The molecule has 2 saturated heterocycles. The standard InChI is InChI=1S/C15H24N4O3/c1-3-6-16-14(20)19-9-12(13-17-11(2)18-22-13)15(10-19)4-7-21-8-5-15/h12H,3-10H2,1-2H3,(H,16,20). The molecule has 2 aliphatic heterocycles. The fraction of sp³-hybridized carbons (Fsp3) is 0.800. The molecule has 7 heteroatoms. The topological polar surface area (TPSA) is 80.5 Å². The van der Waals surface area contributed by atoms with Crippen LogP contribution in [0.3, 0.4) is 0 Å². The molecule has 1 spiro atoms. The molecule has 2 aliphatic rings. The van der Waals surface area contributed by atoms with E-state index in [0.29, 0.717) is 24.8 Å². The van der Waals surface area contributed by atoms with E-state index in [-0.39, 0.29) is 17.4 Å². The highest BCUT2D eigenvalue weighted by Gasteiger charge is 2.51. The van der Waals surface area contributed by atoms with Crippen molar-refractivity contribution in [2.75, 3.05) is 32.8 Å². The molecular weight excluding hydrogens is 284 g/mol. The van der Waals surface area contributed by atoms with Gasteiger partial charge in [-0.15, -0.1) is 0 Å². The molecule has 0 aliphatic carbocycles. The van der Waals surface area contributed by atoms with Crippen LogP contribution >= 0.6 is 0 Å². The van der Waals surface area contributed by atoms with Gasteiger partial charge in [-0.3, -0.25) is 0 Å². The zero-order valence-corrected chi connectivity index (χ0v) is 13.3. The van der Waals surface area contributed by atoms with E-state index < -0.39 is 0 Å². The van der Waals surface area contributed by atoms with Crippen molar-refractivity contribution in [1.82, 2.24) is 20.4 Å². The van der Waals surface area contributed by atoms with E-state index in [9.17, 15) is 4.79 Å². The van der Waals surface area contributed by atoms with Crippen LogP contribution in [-0.2, 0) is 4.74 Å². The SMILES string of the molecule is CCCNC(=O)N1CC(c2nc(C)no2)C2(CCOCC2)C1. The van der Waals surface area contributed by atoms with Crippen molar-refractivity contribution in [3.63, 3.8) is 0 Å². The molecule has 1 N–H and O–H groups in total. The summed E-state index contributed by atoms with van der Waals surface area (Å²) in [4.78, 5) is 18.6. The lowest BCUT2D eigenvalue weighted by Gasteiger charge is -2.36. The third-order valence-corrected chi connectivity index (χ3v) is 4.79. The number of hydrogen-bond acceptors (Lipinski definition) is 5. The van der Waals surface area contributed by atoms with Crippen LogP contribution in [-0.4, -0.2) is 53.9 Å². The summed E-state index contributed by atoms with van der Waals surface area (Å²) >= 11 is 0. The Labute approximate surface area is 130 Å². The predicted octanol–water partition coefficient (Wildman–Crippen LogP) is 1.69. The molecule has 3 rings (SSSR count). The Bertz CT molecular complexity index is 525. The Kier molecular flexibility index (Phi) is 4.33. The monoisotopic (exact) mass is 308 g/mol. The van der Waals surface area contributed by atoms with Crippen LogP contribution in [0.25, 0.3) is 0 Å². The Morgan fingerprint density at radius 3 is 2.86 bits per heavy atom. The van der Waals surface area contributed by atoms with Gasteiger partial charge in [0.25, 0.3) is 0 Å². The van der Waals surface area contributed by atoms with E-state index >= 15 is 0 Å². The first kappa shape index (κ1) is 15.3. The number of rotatable bonds is 3. The van der Waals surface area contributed by atoms with Crippen LogP contribution in [0.5, 0.6) is 0 Å². The number of aromatic nitrogens is 2. The normalized spacial score (nSPS) is 23.9. The highest BCUT2D eigenvalue weighted by atomic mass is 16.5. The van der Waals surface area contributed by atoms with Crippen molar-refractivity contribution in [3.05, 3.63) is 11.7 Å². The van der Waals surface area contributed by atoms with Gasteiger partial charge in [0.05, 0.1) is 5.92 Å². The van der Waals surface area contributed by atoms with E-state index in [4.69, 9.17) is 9.26 Å². The molecule has 2 fully saturated rings. The second-order valence-electron chi connectivity index (χ2n) is 6.32. The van der Waals surface area contributed by atoms with Crippen LogP contribution in [0.1, 0.15) is 43.8 Å². The average molecular weight is 308 g/mol. The molecule has 0 aromatic carbocycles. The number of urea groups is 1. The minimum absolute atomic E-state index is 0.000772. The lowest BCUT2D eigenvalue weighted by atomic mass is 9.72. The fourth-order valence-electron chi connectivity index (χ4n) is 3.55. The first-order valence-electron chi connectivity index (χ1n) is 8.05. The molecule has 22 heavy (non-hydrogen) atoms. The zero-order valence-electron chi connectivity index (χ0n) is 13.3. The maximum Gasteiger partial charge on any atom is 0.317 e. The summed E-state index contributed by atoms with van der Waals surface area (Å²) in [7, 11) is 0. The summed E-state index contributed by atoms with van der Waals surface area (Å²) in [6, 6.07) is 0.00598. The second-order valence-corrected chi connectivity index (χ2v) is 6.32. The maximum absolute atomic E-state index is 12.3. The molecule has 1 unspecified atom stereocenters. The number of aryl methyl sites for hydroxylation is 1. The summed E-state index contributed by atoms with van der Waals surface area (Å²) in [5.74, 6) is 1.40. The number of nitrogens with zero attached hydrogens (tertiary/aromatic N) is 3. The van der Waals surface area contributed by atoms with Gasteiger partial charge in [-0.25, -0.2) is 4.79 Å². The Balaban J connectivity index is 1.80. The first-order valence-corrected chi connectivity index (χ1v) is 8.05. The molecule has 2 amide bonds. The van der Waals surface area contributed by atoms with Crippen LogP contribution in [0.2, 0.25) is 0 Å². The van der Waals surface area contributed by atoms with Gasteiger partial charge in [-0.1, -0.05) is 12.1 Å². The Morgan fingerprint density at radius 1 is 1.45 bits per heavy atom. The van der Waals surface area contributed by atoms with Gasteiger partial charge in [0.2, 0.25) is 5.89 Å².